The Morgan fingerprint density at radius 1 is 1.09 bits per heavy atom. The van der Waals surface area contributed by atoms with Crippen molar-refractivity contribution in [1.82, 2.24) is 14.9 Å². The largest absolute Gasteiger partial charge is 0.353 e. The summed E-state index contributed by atoms with van der Waals surface area (Å²) in [5.41, 5.74) is 0.556. The zero-order chi connectivity index (χ0) is 15.5. The molecule has 2 aromatic rings. The van der Waals surface area contributed by atoms with E-state index in [2.05, 4.69) is 19.8 Å². The Hall–Kier alpha value is -1.43. The van der Waals surface area contributed by atoms with E-state index in [1.54, 1.807) is 18.3 Å². The Balaban J connectivity index is 1.62. The van der Waals surface area contributed by atoms with Crippen molar-refractivity contribution in [3.05, 3.63) is 52.1 Å². The molecule has 0 atom stereocenters. The van der Waals surface area contributed by atoms with Crippen LogP contribution in [0.25, 0.3) is 0 Å². The molecule has 4 nitrogen and oxygen atoms in total. The molecule has 0 radical (unpaired) electrons. The minimum absolute atomic E-state index is 0.254. The van der Waals surface area contributed by atoms with Gasteiger partial charge in [0.25, 0.3) is 0 Å². The average Bonchev–Trinajstić information content (AvgIpc) is 2.52. The molecule has 7 heteroatoms. The lowest BCUT2D eigenvalue weighted by atomic mass is 10.2. The Bertz CT molecular complexity index is 639. The molecule has 1 saturated heterocycles. The molecule has 2 heterocycles. The molecule has 0 N–H and O–H groups in total. The Morgan fingerprint density at radius 3 is 2.55 bits per heavy atom. The summed E-state index contributed by atoms with van der Waals surface area (Å²) in [6, 6.07) is 4.79. The van der Waals surface area contributed by atoms with Crippen LogP contribution in [0.3, 0.4) is 0 Å². The summed E-state index contributed by atoms with van der Waals surface area (Å²) >= 11 is 11.9. The van der Waals surface area contributed by atoms with Gasteiger partial charge in [-0.1, -0.05) is 29.3 Å². The van der Waals surface area contributed by atoms with Crippen molar-refractivity contribution in [2.45, 2.75) is 6.54 Å². The summed E-state index contributed by atoms with van der Waals surface area (Å²) in [4.78, 5) is 12.6. The molecule has 1 aromatic carbocycles. The molecular formula is C15H15Cl2FN4. The van der Waals surface area contributed by atoms with Gasteiger partial charge in [0.1, 0.15) is 16.8 Å². The minimum Gasteiger partial charge on any atom is -0.353 e. The van der Waals surface area contributed by atoms with Gasteiger partial charge in [-0.25, -0.2) is 9.37 Å². The first-order valence-corrected chi connectivity index (χ1v) is 7.77. The zero-order valence-electron chi connectivity index (χ0n) is 11.8. The van der Waals surface area contributed by atoms with Crippen molar-refractivity contribution >= 4 is 29.0 Å². The van der Waals surface area contributed by atoms with Crippen LogP contribution >= 0.6 is 23.2 Å². The number of rotatable bonds is 3. The number of anilines is 1. The van der Waals surface area contributed by atoms with Crippen LogP contribution in [-0.4, -0.2) is 41.0 Å². The van der Waals surface area contributed by atoms with Crippen LogP contribution in [0, 0.1) is 5.82 Å². The van der Waals surface area contributed by atoms with Gasteiger partial charge in [0.05, 0.1) is 12.4 Å². The van der Waals surface area contributed by atoms with Gasteiger partial charge in [0.15, 0.2) is 0 Å². The highest BCUT2D eigenvalue weighted by atomic mass is 35.5. The van der Waals surface area contributed by atoms with Gasteiger partial charge in [-0.2, -0.15) is 0 Å². The summed E-state index contributed by atoms with van der Waals surface area (Å²) < 4.78 is 13.8. The molecule has 0 bridgehead atoms. The molecule has 22 heavy (non-hydrogen) atoms. The molecule has 1 aliphatic heterocycles. The zero-order valence-corrected chi connectivity index (χ0v) is 13.4. The third kappa shape index (κ3) is 3.48. The maximum absolute atomic E-state index is 13.8. The third-order valence-electron chi connectivity index (χ3n) is 3.73. The number of nitrogens with zero attached hydrogens (tertiary/aromatic N) is 4. The van der Waals surface area contributed by atoms with Crippen molar-refractivity contribution < 1.29 is 4.39 Å². The molecule has 3 rings (SSSR count). The van der Waals surface area contributed by atoms with Crippen molar-refractivity contribution in [3.8, 4) is 0 Å². The summed E-state index contributed by atoms with van der Waals surface area (Å²) in [6.07, 6.45) is 3.22. The van der Waals surface area contributed by atoms with Gasteiger partial charge in [-0.3, -0.25) is 9.88 Å². The monoisotopic (exact) mass is 340 g/mol. The van der Waals surface area contributed by atoms with Crippen LogP contribution in [0.2, 0.25) is 10.2 Å². The molecule has 0 unspecified atom stereocenters. The fraction of sp³-hybridized carbons (Fsp3) is 0.333. The van der Waals surface area contributed by atoms with E-state index in [1.165, 1.54) is 12.3 Å². The topological polar surface area (TPSA) is 32.3 Å². The number of hydrogen-bond acceptors (Lipinski definition) is 4. The second kappa shape index (κ2) is 6.77. The highest BCUT2D eigenvalue weighted by molar-refractivity contribution is 6.31. The second-order valence-corrected chi connectivity index (χ2v) is 5.96. The van der Waals surface area contributed by atoms with Crippen LogP contribution < -0.4 is 4.90 Å². The fourth-order valence-corrected chi connectivity index (χ4v) is 2.89. The van der Waals surface area contributed by atoms with E-state index in [0.29, 0.717) is 22.3 Å². The molecule has 0 amide bonds. The van der Waals surface area contributed by atoms with E-state index < -0.39 is 0 Å². The normalized spacial score (nSPS) is 16.0. The van der Waals surface area contributed by atoms with Crippen molar-refractivity contribution in [2.24, 2.45) is 0 Å². The SMILES string of the molecule is Fc1cccc(Cl)c1CN1CCN(c2cncc(Cl)n2)CC1. The Morgan fingerprint density at radius 2 is 1.86 bits per heavy atom. The molecule has 0 saturated carbocycles. The van der Waals surface area contributed by atoms with Crippen molar-refractivity contribution in [1.29, 1.82) is 0 Å². The van der Waals surface area contributed by atoms with E-state index in [4.69, 9.17) is 23.2 Å². The van der Waals surface area contributed by atoms with Crippen LogP contribution in [0.15, 0.2) is 30.6 Å². The minimum atomic E-state index is -0.254. The standard InChI is InChI=1S/C15H15Cl2FN4/c16-12-2-1-3-13(18)11(12)10-21-4-6-22(7-5-21)15-9-19-8-14(17)20-15/h1-3,8-9H,4-7,10H2. The van der Waals surface area contributed by atoms with E-state index >= 15 is 0 Å². The first kappa shape index (κ1) is 15.5. The molecule has 116 valence electrons. The van der Waals surface area contributed by atoms with Gasteiger partial charge in [-0.05, 0) is 12.1 Å². The first-order valence-electron chi connectivity index (χ1n) is 7.01. The van der Waals surface area contributed by atoms with Crippen molar-refractivity contribution in [2.75, 3.05) is 31.1 Å². The Labute approximate surface area is 138 Å². The van der Waals surface area contributed by atoms with E-state index in [0.717, 1.165) is 32.0 Å². The lowest BCUT2D eigenvalue weighted by Crippen LogP contribution is -2.46. The van der Waals surface area contributed by atoms with Crippen LogP contribution in [-0.2, 0) is 6.54 Å². The summed E-state index contributed by atoms with van der Waals surface area (Å²) in [7, 11) is 0. The highest BCUT2D eigenvalue weighted by Gasteiger charge is 2.20. The second-order valence-electron chi connectivity index (χ2n) is 5.16. The predicted octanol–water partition coefficient (Wildman–Crippen LogP) is 3.24. The van der Waals surface area contributed by atoms with Gasteiger partial charge >= 0.3 is 0 Å². The quantitative estimate of drug-likeness (QED) is 0.858. The van der Waals surface area contributed by atoms with Gasteiger partial charge in [-0.15, -0.1) is 0 Å². The summed E-state index contributed by atoms with van der Waals surface area (Å²) in [6.45, 7) is 3.71. The molecule has 1 aliphatic rings. The van der Waals surface area contributed by atoms with Crippen LogP contribution in [0.4, 0.5) is 10.2 Å². The highest BCUT2D eigenvalue weighted by Crippen LogP contribution is 2.22. The fourth-order valence-electron chi connectivity index (χ4n) is 2.53. The third-order valence-corrected chi connectivity index (χ3v) is 4.27. The van der Waals surface area contributed by atoms with E-state index in [-0.39, 0.29) is 5.82 Å². The maximum atomic E-state index is 13.8. The predicted molar refractivity (Wildman–Crippen MR) is 85.9 cm³/mol. The van der Waals surface area contributed by atoms with Crippen LogP contribution in [0.1, 0.15) is 5.56 Å². The molecule has 1 fully saturated rings. The maximum Gasteiger partial charge on any atom is 0.149 e. The number of hydrogen-bond donors (Lipinski definition) is 0. The Kier molecular flexibility index (Phi) is 4.76. The summed E-state index contributed by atoms with van der Waals surface area (Å²) in [5, 5.41) is 0.862. The molecule has 0 spiro atoms. The summed E-state index contributed by atoms with van der Waals surface area (Å²) in [5.74, 6) is 0.520. The lowest BCUT2D eigenvalue weighted by Gasteiger charge is -2.35. The number of piperazine rings is 1. The van der Waals surface area contributed by atoms with E-state index in [1.807, 2.05) is 0 Å². The molecular weight excluding hydrogens is 326 g/mol. The van der Waals surface area contributed by atoms with Crippen LogP contribution in [0.5, 0.6) is 0 Å². The van der Waals surface area contributed by atoms with Gasteiger partial charge in [0.2, 0.25) is 0 Å². The number of aromatic nitrogens is 2. The first-order chi connectivity index (χ1) is 10.6. The van der Waals surface area contributed by atoms with Crippen molar-refractivity contribution in [3.63, 3.8) is 0 Å². The molecule has 0 aliphatic carbocycles. The average molecular weight is 341 g/mol. The number of benzene rings is 1. The van der Waals surface area contributed by atoms with Gasteiger partial charge < -0.3 is 4.90 Å². The van der Waals surface area contributed by atoms with E-state index in [9.17, 15) is 4.39 Å². The number of halogens is 3. The van der Waals surface area contributed by atoms with Gasteiger partial charge in [0, 0.05) is 43.3 Å². The lowest BCUT2D eigenvalue weighted by molar-refractivity contribution is 0.246. The molecule has 1 aromatic heterocycles. The smallest absolute Gasteiger partial charge is 0.149 e.